The number of nitrogens with one attached hydrogen (secondary N) is 1. The Kier molecular flexibility index (Phi) is 7.34. The Labute approximate surface area is 83.9 Å². The van der Waals surface area contributed by atoms with Crippen molar-refractivity contribution in [1.29, 1.82) is 5.41 Å². The molecule has 14 heavy (non-hydrogen) atoms. The molecule has 3 nitrogen and oxygen atoms in total. The third-order valence-corrected chi connectivity index (χ3v) is 1.20. The monoisotopic (exact) mass is 200 g/mol. The molecule has 0 bridgehead atoms. The lowest BCUT2D eigenvalue weighted by Crippen LogP contribution is -2.10. The van der Waals surface area contributed by atoms with Crippen molar-refractivity contribution < 1.29 is 9.50 Å². The highest BCUT2D eigenvalue weighted by atomic mass is 19.1. The zero-order chi connectivity index (χ0) is 11.9. The highest BCUT2D eigenvalue weighted by Gasteiger charge is 2.13. The summed E-state index contributed by atoms with van der Waals surface area (Å²) in [6.45, 7) is 11.5. The first-order valence-corrected chi connectivity index (χ1v) is 4.16. The van der Waals surface area contributed by atoms with Crippen LogP contribution in [0.4, 0.5) is 4.39 Å². The van der Waals surface area contributed by atoms with Gasteiger partial charge in [-0.05, 0) is 6.92 Å². The van der Waals surface area contributed by atoms with E-state index in [0.29, 0.717) is 0 Å². The minimum Gasteiger partial charge on any atom is -0.506 e. The molecule has 4 heteroatoms. The average molecular weight is 200 g/mol. The minimum absolute atomic E-state index is 0.0858. The van der Waals surface area contributed by atoms with Crippen LogP contribution < -0.4 is 5.73 Å². The van der Waals surface area contributed by atoms with Gasteiger partial charge in [0.05, 0.1) is 5.57 Å². The van der Waals surface area contributed by atoms with E-state index in [-0.39, 0.29) is 11.3 Å². The van der Waals surface area contributed by atoms with Crippen molar-refractivity contribution in [1.82, 2.24) is 0 Å². The number of hydrogen-bond donors (Lipinski definition) is 3. The lowest BCUT2D eigenvalue weighted by Gasteiger charge is -2.06. The smallest absolute Gasteiger partial charge is 0.134 e. The zero-order valence-corrected chi connectivity index (χ0v) is 8.82. The number of allylic oxidation sites excluding steroid dienone is 3. The summed E-state index contributed by atoms with van der Waals surface area (Å²) < 4.78 is 12.6. The quantitative estimate of drug-likeness (QED) is 0.372. The molecule has 80 valence electrons. The molecule has 0 fully saturated rings. The molecule has 0 unspecified atom stereocenters. The Hall–Kier alpha value is -1.58. The fourth-order valence-corrected chi connectivity index (χ4v) is 0.691. The molecule has 0 aliphatic heterocycles. The molecule has 0 atom stereocenters. The van der Waals surface area contributed by atoms with Crippen molar-refractivity contribution in [2.24, 2.45) is 5.73 Å². The van der Waals surface area contributed by atoms with Crippen LogP contribution in [0.1, 0.15) is 20.8 Å². The van der Waals surface area contributed by atoms with Crippen LogP contribution in [0.3, 0.4) is 0 Å². The van der Waals surface area contributed by atoms with E-state index in [9.17, 15) is 4.39 Å². The van der Waals surface area contributed by atoms with Crippen LogP contribution in [0, 0.1) is 5.41 Å². The van der Waals surface area contributed by atoms with Crippen LogP contribution in [0.15, 0.2) is 36.0 Å². The molecule has 0 aliphatic carbocycles. The van der Waals surface area contributed by atoms with E-state index < -0.39 is 17.3 Å². The SMILES string of the molecule is C=C(O)C(=N)/C(C(=C)F)=C(/C)N.CC. The van der Waals surface area contributed by atoms with E-state index >= 15 is 0 Å². The second-order valence-electron chi connectivity index (χ2n) is 2.28. The van der Waals surface area contributed by atoms with Gasteiger partial charge >= 0.3 is 0 Å². The standard InChI is InChI=1S/C8H11FN2O.C2H6/c1-4(9)7(5(2)10)8(11)6(3)12;1-2/h11-12H,1,3,10H2,2H3;1-2H3/b7-5-,11-8?;. The highest BCUT2D eigenvalue weighted by Crippen LogP contribution is 2.15. The second kappa shape index (κ2) is 6.88. The molecule has 0 amide bonds. The molecule has 4 N–H and O–H groups in total. The maximum Gasteiger partial charge on any atom is 0.134 e. The third kappa shape index (κ3) is 4.45. The van der Waals surface area contributed by atoms with Gasteiger partial charge in [-0.15, -0.1) is 0 Å². The number of aliphatic hydroxyl groups is 1. The van der Waals surface area contributed by atoms with E-state index in [1.165, 1.54) is 6.92 Å². The zero-order valence-electron chi connectivity index (χ0n) is 8.82. The van der Waals surface area contributed by atoms with Gasteiger partial charge in [0.2, 0.25) is 0 Å². The number of rotatable bonds is 3. The molecule has 0 aromatic rings. The van der Waals surface area contributed by atoms with Crippen LogP contribution in [0.2, 0.25) is 0 Å². The maximum atomic E-state index is 12.6. The van der Waals surface area contributed by atoms with E-state index in [2.05, 4.69) is 13.2 Å². The minimum atomic E-state index is -0.852. The summed E-state index contributed by atoms with van der Waals surface area (Å²) in [7, 11) is 0. The Bertz CT molecular complexity index is 276. The van der Waals surface area contributed by atoms with Gasteiger partial charge < -0.3 is 10.8 Å². The molecule has 0 aromatic carbocycles. The lowest BCUT2D eigenvalue weighted by atomic mass is 10.1. The summed E-state index contributed by atoms with van der Waals surface area (Å²) in [5.74, 6) is -1.39. The summed E-state index contributed by atoms with van der Waals surface area (Å²) in [6, 6.07) is 0. The van der Waals surface area contributed by atoms with Crippen LogP contribution >= 0.6 is 0 Å². The van der Waals surface area contributed by atoms with E-state index in [0.717, 1.165) is 0 Å². The summed E-state index contributed by atoms with van der Waals surface area (Å²) in [4.78, 5) is 0. The van der Waals surface area contributed by atoms with Gasteiger partial charge in [0.15, 0.2) is 0 Å². The predicted molar refractivity (Wildman–Crippen MR) is 58.0 cm³/mol. The first-order valence-electron chi connectivity index (χ1n) is 4.16. The Morgan fingerprint density at radius 2 is 1.71 bits per heavy atom. The Morgan fingerprint density at radius 1 is 1.36 bits per heavy atom. The Morgan fingerprint density at radius 3 is 1.79 bits per heavy atom. The van der Waals surface area contributed by atoms with E-state index in [4.69, 9.17) is 16.2 Å². The number of aliphatic hydroxyl groups excluding tert-OH is 1. The molecule has 0 rings (SSSR count). The van der Waals surface area contributed by atoms with E-state index in [1.54, 1.807) is 0 Å². The van der Waals surface area contributed by atoms with Crippen molar-refractivity contribution in [2.45, 2.75) is 20.8 Å². The van der Waals surface area contributed by atoms with Crippen molar-refractivity contribution >= 4 is 5.71 Å². The normalized spacial score (nSPS) is 10.6. The average Bonchev–Trinajstić information content (AvgIpc) is 2.06. The van der Waals surface area contributed by atoms with Gasteiger partial charge in [-0.3, -0.25) is 5.41 Å². The van der Waals surface area contributed by atoms with Gasteiger partial charge in [0.1, 0.15) is 17.3 Å². The molecule has 0 aromatic heterocycles. The lowest BCUT2D eigenvalue weighted by molar-refractivity contribution is 0.445. The maximum absolute atomic E-state index is 12.6. The molecule has 0 spiro atoms. The fraction of sp³-hybridized carbons (Fsp3) is 0.300. The summed E-state index contributed by atoms with van der Waals surface area (Å²) >= 11 is 0. The first kappa shape index (κ1) is 14.9. The number of nitrogens with two attached hydrogens (primary N) is 1. The van der Waals surface area contributed by atoms with Crippen molar-refractivity contribution in [3.63, 3.8) is 0 Å². The second-order valence-corrected chi connectivity index (χ2v) is 2.28. The predicted octanol–water partition coefficient (Wildman–Crippen LogP) is 2.82. The molecule has 0 radical (unpaired) electrons. The van der Waals surface area contributed by atoms with Crippen molar-refractivity contribution in [3.05, 3.63) is 36.0 Å². The molecule has 0 heterocycles. The van der Waals surface area contributed by atoms with Crippen LogP contribution in [0.5, 0.6) is 0 Å². The highest BCUT2D eigenvalue weighted by molar-refractivity contribution is 6.11. The van der Waals surface area contributed by atoms with Gasteiger partial charge in [-0.1, -0.05) is 27.0 Å². The number of halogens is 1. The van der Waals surface area contributed by atoms with Gasteiger partial charge in [0.25, 0.3) is 0 Å². The third-order valence-electron chi connectivity index (χ3n) is 1.20. The Balaban J connectivity index is 0. The molecule has 0 aliphatic rings. The summed E-state index contributed by atoms with van der Waals surface area (Å²) in [5, 5.41) is 15.9. The van der Waals surface area contributed by atoms with Gasteiger partial charge in [-0.25, -0.2) is 4.39 Å². The summed E-state index contributed by atoms with van der Waals surface area (Å²) in [6.07, 6.45) is 0. The molecular weight excluding hydrogens is 183 g/mol. The van der Waals surface area contributed by atoms with Crippen LogP contribution in [-0.4, -0.2) is 10.8 Å². The molecule has 0 saturated carbocycles. The largest absolute Gasteiger partial charge is 0.506 e. The first-order chi connectivity index (χ1) is 6.37. The molecular formula is C10H17FN2O. The van der Waals surface area contributed by atoms with Crippen molar-refractivity contribution in [3.8, 4) is 0 Å². The van der Waals surface area contributed by atoms with E-state index in [1.807, 2.05) is 13.8 Å². The van der Waals surface area contributed by atoms with Gasteiger partial charge in [0, 0.05) is 5.70 Å². The van der Waals surface area contributed by atoms with Crippen molar-refractivity contribution in [2.75, 3.05) is 0 Å². The van der Waals surface area contributed by atoms with Crippen LogP contribution in [-0.2, 0) is 0 Å². The fourth-order valence-electron chi connectivity index (χ4n) is 0.691. The molecule has 0 saturated heterocycles. The van der Waals surface area contributed by atoms with Gasteiger partial charge in [-0.2, -0.15) is 0 Å². The topological polar surface area (TPSA) is 70.1 Å². The van der Waals surface area contributed by atoms with Crippen LogP contribution in [0.25, 0.3) is 0 Å². The number of hydrogen-bond acceptors (Lipinski definition) is 3. The summed E-state index contributed by atoms with van der Waals surface area (Å²) in [5.41, 5.74) is 4.70.